The van der Waals surface area contributed by atoms with E-state index in [9.17, 15) is 14.0 Å². The molecule has 0 radical (unpaired) electrons. The zero-order valence-corrected chi connectivity index (χ0v) is 12.4. The first-order valence-corrected chi connectivity index (χ1v) is 6.65. The van der Waals surface area contributed by atoms with Crippen molar-refractivity contribution in [3.63, 3.8) is 0 Å². The molecule has 0 saturated heterocycles. The van der Waals surface area contributed by atoms with Gasteiger partial charge in [-0.15, -0.1) is 0 Å². The average Bonchev–Trinajstić information content (AvgIpc) is 2.36. The second-order valence-electron chi connectivity index (χ2n) is 5.41. The predicted molar refractivity (Wildman–Crippen MR) is 75.5 cm³/mol. The van der Waals surface area contributed by atoms with E-state index < -0.39 is 23.2 Å². The third-order valence-electron chi connectivity index (χ3n) is 3.41. The zero-order valence-electron chi connectivity index (χ0n) is 12.4. The molecule has 1 unspecified atom stereocenters. The van der Waals surface area contributed by atoms with E-state index in [4.69, 9.17) is 9.84 Å². The molecular weight excluding hydrogens is 277 g/mol. The van der Waals surface area contributed by atoms with Crippen molar-refractivity contribution in [2.24, 2.45) is 5.92 Å². The first-order valence-electron chi connectivity index (χ1n) is 6.65. The van der Waals surface area contributed by atoms with E-state index in [0.717, 1.165) is 0 Å². The highest BCUT2D eigenvalue weighted by Gasteiger charge is 2.32. The highest BCUT2D eigenvalue weighted by Crippen LogP contribution is 2.21. The SMILES string of the molecule is CC(C)C(C)(CC(=O)O)NC(=O)COc1ccccc1F. The Morgan fingerprint density at radius 3 is 2.52 bits per heavy atom. The Morgan fingerprint density at radius 2 is 2.00 bits per heavy atom. The fourth-order valence-corrected chi connectivity index (χ4v) is 1.77. The number of amides is 1. The molecule has 1 atom stereocenters. The van der Waals surface area contributed by atoms with Gasteiger partial charge in [-0.1, -0.05) is 26.0 Å². The maximum absolute atomic E-state index is 13.3. The summed E-state index contributed by atoms with van der Waals surface area (Å²) in [7, 11) is 0. The fraction of sp³-hybridized carbons (Fsp3) is 0.467. The lowest BCUT2D eigenvalue weighted by molar-refractivity contribution is -0.139. The first kappa shape index (κ1) is 16.9. The van der Waals surface area contributed by atoms with Gasteiger partial charge >= 0.3 is 5.97 Å². The Hall–Kier alpha value is -2.11. The van der Waals surface area contributed by atoms with Crippen molar-refractivity contribution >= 4 is 11.9 Å². The van der Waals surface area contributed by atoms with Crippen molar-refractivity contribution in [2.45, 2.75) is 32.7 Å². The third kappa shape index (κ3) is 5.06. The molecule has 21 heavy (non-hydrogen) atoms. The number of nitrogens with one attached hydrogen (secondary N) is 1. The van der Waals surface area contributed by atoms with Gasteiger partial charge < -0.3 is 15.2 Å². The van der Waals surface area contributed by atoms with E-state index >= 15 is 0 Å². The number of rotatable bonds is 7. The highest BCUT2D eigenvalue weighted by molar-refractivity contribution is 5.79. The second kappa shape index (κ2) is 7.06. The fourth-order valence-electron chi connectivity index (χ4n) is 1.77. The summed E-state index contributed by atoms with van der Waals surface area (Å²) < 4.78 is 18.4. The van der Waals surface area contributed by atoms with E-state index in [2.05, 4.69) is 5.32 Å². The number of para-hydroxylation sites is 1. The van der Waals surface area contributed by atoms with Gasteiger partial charge in [-0.2, -0.15) is 0 Å². The van der Waals surface area contributed by atoms with Crippen molar-refractivity contribution in [1.29, 1.82) is 0 Å². The minimum Gasteiger partial charge on any atom is -0.481 e. The van der Waals surface area contributed by atoms with Crippen molar-refractivity contribution in [3.8, 4) is 5.75 Å². The minimum atomic E-state index is -0.999. The molecule has 6 heteroatoms. The van der Waals surface area contributed by atoms with Gasteiger partial charge in [-0.05, 0) is 25.0 Å². The van der Waals surface area contributed by atoms with E-state index in [0.29, 0.717) is 0 Å². The molecule has 0 saturated carbocycles. The monoisotopic (exact) mass is 297 g/mol. The Labute approximate surface area is 123 Å². The van der Waals surface area contributed by atoms with Crippen LogP contribution in [-0.4, -0.2) is 29.1 Å². The van der Waals surface area contributed by atoms with Crippen LogP contribution in [0.3, 0.4) is 0 Å². The quantitative estimate of drug-likeness (QED) is 0.809. The summed E-state index contributed by atoms with van der Waals surface area (Å²) in [5.41, 5.74) is -0.887. The molecule has 0 aliphatic carbocycles. The molecule has 1 aromatic carbocycles. The summed E-state index contributed by atoms with van der Waals surface area (Å²) in [5, 5.41) is 11.6. The standard InChI is InChI=1S/C15H20FNO4/c1-10(2)15(3,8-14(19)20)17-13(18)9-21-12-7-5-4-6-11(12)16/h4-7,10H,8-9H2,1-3H3,(H,17,18)(H,19,20). The predicted octanol–water partition coefficient (Wildman–Crippen LogP) is 2.21. The van der Waals surface area contributed by atoms with Crippen LogP contribution in [0.5, 0.6) is 5.75 Å². The smallest absolute Gasteiger partial charge is 0.305 e. The molecule has 1 amide bonds. The number of benzene rings is 1. The number of halogens is 1. The van der Waals surface area contributed by atoms with Crippen LogP contribution in [0.25, 0.3) is 0 Å². The molecular formula is C15H20FNO4. The van der Waals surface area contributed by atoms with Crippen LogP contribution in [0.15, 0.2) is 24.3 Å². The van der Waals surface area contributed by atoms with Crippen LogP contribution in [-0.2, 0) is 9.59 Å². The number of hydrogen-bond donors (Lipinski definition) is 2. The van der Waals surface area contributed by atoms with Gasteiger partial charge in [0.1, 0.15) is 0 Å². The lowest BCUT2D eigenvalue weighted by atomic mass is 9.85. The summed E-state index contributed by atoms with van der Waals surface area (Å²) in [5.74, 6) is -2.14. The van der Waals surface area contributed by atoms with Crippen LogP contribution in [0.2, 0.25) is 0 Å². The highest BCUT2D eigenvalue weighted by atomic mass is 19.1. The Kier molecular flexibility index (Phi) is 5.69. The van der Waals surface area contributed by atoms with Gasteiger partial charge in [-0.3, -0.25) is 9.59 Å². The van der Waals surface area contributed by atoms with Gasteiger partial charge in [-0.25, -0.2) is 4.39 Å². The van der Waals surface area contributed by atoms with Gasteiger partial charge in [0.15, 0.2) is 18.2 Å². The van der Waals surface area contributed by atoms with E-state index in [-0.39, 0.29) is 24.7 Å². The molecule has 2 N–H and O–H groups in total. The maximum atomic E-state index is 13.3. The lowest BCUT2D eigenvalue weighted by Crippen LogP contribution is -2.52. The van der Waals surface area contributed by atoms with Crippen molar-refractivity contribution in [1.82, 2.24) is 5.32 Å². The van der Waals surface area contributed by atoms with E-state index in [1.807, 2.05) is 13.8 Å². The summed E-state index contributed by atoms with van der Waals surface area (Å²) in [6, 6.07) is 5.77. The average molecular weight is 297 g/mol. The third-order valence-corrected chi connectivity index (χ3v) is 3.41. The molecule has 5 nitrogen and oxygen atoms in total. The van der Waals surface area contributed by atoms with E-state index in [1.54, 1.807) is 13.0 Å². The second-order valence-corrected chi connectivity index (χ2v) is 5.41. The largest absolute Gasteiger partial charge is 0.481 e. The molecule has 0 bridgehead atoms. The molecule has 0 aliphatic rings. The van der Waals surface area contributed by atoms with E-state index in [1.165, 1.54) is 18.2 Å². The Balaban J connectivity index is 2.63. The zero-order chi connectivity index (χ0) is 16.0. The lowest BCUT2D eigenvalue weighted by Gasteiger charge is -2.33. The van der Waals surface area contributed by atoms with Crippen molar-refractivity contribution < 1.29 is 23.8 Å². The number of carboxylic acids is 1. The number of hydrogen-bond acceptors (Lipinski definition) is 3. The number of carbonyl (C=O) groups excluding carboxylic acids is 1. The van der Waals surface area contributed by atoms with Gasteiger partial charge in [0.25, 0.3) is 5.91 Å². The van der Waals surface area contributed by atoms with Crippen LogP contribution < -0.4 is 10.1 Å². The molecule has 0 fully saturated rings. The molecule has 1 rings (SSSR count). The van der Waals surface area contributed by atoms with Crippen LogP contribution in [0.1, 0.15) is 27.2 Å². The van der Waals surface area contributed by atoms with Crippen LogP contribution in [0.4, 0.5) is 4.39 Å². The van der Waals surface area contributed by atoms with Crippen molar-refractivity contribution in [3.05, 3.63) is 30.1 Å². The van der Waals surface area contributed by atoms with Gasteiger partial charge in [0.05, 0.1) is 12.0 Å². The summed E-state index contributed by atoms with van der Waals surface area (Å²) >= 11 is 0. The number of ether oxygens (including phenoxy) is 1. The molecule has 0 spiro atoms. The van der Waals surface area contributed by atoms with Gasteiger partial charge in [0.2, 0.25) is 0 Å². The normalized spacial score (nSPS) is 13.6. The number of aliphatic carboxylic acids is 1. The molecule has 116 valence electrons. The van der Waals surface area contributed by atoms with Crippen LogP contribution in [0, 0.1) is 11.7 Å². The minimum absolute atomic E-state index is 0.0165. The Morgan fingerprint density at radius 1 is 1.38 bits per heavy atom. The molecule has 1 aromatic rings. The maximum Gasteiger partial charge on any atom is 0.305 e. The van der Waals surface area contributed by atoms with Crippen molar-refractivity contribution in [2.75, 3.05) is 6.61 Å². The van der Waals surface area contributed by atoms with Crippen LogP contribution >= 0.6 is 0 Å². The first-order chi connectivity index (χ1) is 9.74. The summed E-state index contributed by atoms with van der Waals surface area (Å²) in [6.07, 6.45) is -0.198. The Bertz CT molecular complexity index is 518. The molecule has 0 aromatic heterocycles. The number of carbonyl (C=O) groups is 2. The van der Waals surface area contributed by atoms with Gasteiger partial charge in [0, 0.05) is 0 Å². The molecule has 0 heterocycles. The summed E-state index contributed by atoms with van der Waals surface area (Å²) in [4.78, 5) is 22.8. The molecule has 0 aliphatic heterocycles. The summed E-state index contributed by atoms with van der Waals surface area (Å²) in [6.45, 7) is 4.93. The topological polar surface area (TPSA) is 75.6 Å². The number of carboxylic acid groups (broad SMARTS) is 1.